The number of nitrogens with two attached hydrogens (primary N) is 1. The molecule has 0 bridgehead atoms. The van der Waals surface area contributed by atoms with Crippen LogP contribution in [-0.4, -0.2) is 32.2 Å². The van der Waals surface area contributed by atoms with Gasteiger partial charge in [-0.2, -0.15) is 0 Å². The van der Waals surface area contributed by atoms with Gasteiger partial charge in [0.2, 0.25) is 15.9 Å². The van der Waals surface area contributed by atoms with Crippen molar-refractivity contribution in [3.8, 4) is 34.0 Å². The lowest BCUT2D eigenvalue weighted by Crippen LogP contribution is -2.11. The van der Waals surface area contributed by atoms with Crippen molar-refractivity contribution < 1.29 is 27.4 Å². The van der Waals surface area contributed by atoms with Gasteiger partial charge >= 0.3 is 0 Å². The van der Waals surface area contributed by atoms with E-state index in [4.69, 9.17) is 14.6 Å². The van der Waals surface area contributed by atoms with E-state index in [0.29, 0.717) is 34.6 Å². The molecule has 0 aliphatic heterocycles. The molecular formula is C23H25FN2O5S. The monoisotopic (exact) mass is 460 g/mol. The largest absolute Gasteiger partial charge is 0.494 e. The summed E-state index contributed by atoms with van der Waals surface area (Å²) >= 11 is 0. The van der Waals surface area contributed by atoms with E-state index in [1.54, 1.807) is 24.3 Å². The molecule has 3 N–H and O–H groups in total. The van der Waals surface area contributed by atoms with Gasteiger partial charge in [-0.3, -0.25) is 0 Å². The van der Waals surface area contributed by atoms with Crippen LogP contribution < -0.4 is 14.6 Å². The Morgan fingerprint density at radius 2 is 1.78 bits per heavy atom. The lowest BCUT2D eigenvalue weighted by molar-refractivity contribution is 0.256. The zero-order valence-electron chi connectivity index (χ0n) is 17.8. The van der Waals surface area contributed by atoms with Crippen molar-refractivity contribution in [2.24, 2.45) is 5.14 Å². The van der Waals surface area contributed by atoms with Gasteiger partial charge in [0.25, 0.3) is 0 Å². The minimum atomic E-state index is -3.84. The molecule has 0 spiro atoms. The second-order valence-corrected chi connectivity index (χ2v) is 8.68. The van der Waals surface area contributed by atoms with E-state index in [2.05, 4.69) is 4.98 Å². The summed E-state index contributed by atoms with van der Waals surface area (Å²) in [5.74, 6) is -0.190. The maximum Gasteiger partial charge on any atom is 0.238 e. The molecule has 3 rings (SSSR count). The van der Waals surface area contributed by atoms with Gasteiger partial charge in [-0.05, 0) is 53.9 Å². The number of hydrogen-bond acceptors (Lipinski definition) is 6. The number of aromatic nitrogens is 1. The number of hydrogen-bond donors (Lipinski definition) is 2. The van der Waals surface area contributed by atoms with Crippen molar-refractivity contribution in [3.05, 3.63) is 59.9 Å². The summed E-state index contributed by atoms with van der Waals surface area (Å²) < 4.78 is 48.3. The first kappa shape index (κ1) is 23.6. The highest BCUT2D eigenvalue weighted by Gasteiger charge is 2.18. The van der Waals surface area contributed by atoms with E-state index >= 15 is 0 Å². The Morgan fingerprint density at radius 1 is 1.09 bits per heavy atom. The number of primary sulfonamides is 1. The van der Waals surface area contributed by atoms with Crippen molar-refractivity contribution in [2.75, 3.05) is 13.7 Å². The Balaban J connectivity index is 2.16. The number of nitrogens with zero attached hydrogens (tertiary/aromatic N) is 1. The molecule has 0 radical (unpaired) electrons. The van der Waals surface area contributed by atoms with E-state index in [0.717, 1.165) is 12.8 Å². The SMILES string of the molecule is CCCCOc1nc(-c2ccc(OC)c(F)c2)cc(-c2ccc(S(N)(=O)=O)cc2)c1CO. The van der Waals surface area contributed by atoms with Crippen LogP contribution in [0, 0.1) is 5.82 Å². The Hall–Kier alpha value is -3.01. The van der Waals surface area contributed by atoms with E-state index in [1.165, 1.54) is 31.4 Å². The zero-order chi connectivity index (χ0) is 23.3. The second-order valence-electron chi connectivity index (χ2n) is 7.12. The first-order chi connectivity index (χ1) is 15.3. The van der Waals surface area contributed by atoms with E-state index in [1.807, 2.05) is 6.92 Å². The third-order valence-corrected chi connectivity index (χ3v) is 5.85. The van der Waals surface area contributed by atoms with Gasteiger partial charge in [0, 0.05) is 11.1 Å². The maximum atomic E-state index is 14.3. The Bertz CT molecular complexity index is 1200. The van der Waals surface area contributed by atoms with Gasteiger partial charge in [0.1, 0.15) is 0 Å². The Kier molecular flexibility index (Phi) is 7.44. The predicted octanol–water partition coefficient (Wildman–Crippen LogP) is 3.88. The summed E-state index contributed by atoms with van der Waals surface area (Å²) in [5.41, 5.74) is 2.58. The molecule has 32 heavy (non-hydrogen) atoms. The van der Waals surface area contributed by atoms with Crippen LogP contribution in [-0.2, 0) is 16.6 Å². The molecule has 3 aromatic rings. The molecule has 0 aliphatic rings. The quantitative estimate of drug-likeness (QED) is 0.469. The van der Waals surface area contributed by atoms with Gasteiger partial charge in [-0.25, -0.2) is 22.9 Å². The van der Waals surface area contributed by atoms with Crippen molar-refractivity contribution in [2.45, 2.75) is 31.3 Å². The summed E-state index contributed by atoms with van der Waals surface area (Å²) in [6, 6.07) is 12.1. The van der Waals surface area contributed by atoms with Gasteiger partial charge in [0.05, 0.1) is 30.9 Å². The number of pyridine rings is 1. The van der Waals surface area contributed by atoms with Crippen LogP contribution in [0.25, 0.3) is 22.4 Å². The third-order valence-electron chi connectivity index (χ3n) is 4.92. The summed E-state index contributed by atoms with van der Waals surface area (Å²) in [6.45, 7) is 2.08. The number of aliphatic hydroxyl groups is 1. The molecule has 0 aliphatic carbocycles. The van der Waals surface area contributed by atoms with Crippen LogP contribution in [0.5, 0.6) is 11.6 Å². The fourth-order valence-corrected chi connectivity index (χ4v) is 3.70. The molecule has 0 fully saturated rings. The molecule has 0 saturated carbocycles. The number of halogens is 1. The highest BCUT2D eigenvalue weighted by atomic mass is 32.2. The normalized spacial score (nSPS) is 11.4. The lowest BCUT2D eigenvalue weighted by Gasteiger charge is -2.16. The highest BCUT2D eigenvalue weighted by Crippen LogP contribution is 2.35. The molecule has 2 aromatic carbocycles. The van der Waals surface area contributed by atoms with E-state index in [9.17, 15) is 17.9 Å². The molecule has 0 unspecified atom stereocenters. The highest BCUT2D eigenvalue weighted by molar-refractivity contribution is 7.89. The second kappa shape index (κ2) is 10.1. The summed E-state index contributed by atoms with van der Waals surface area (Å²) in [4.78, 5) is 4.49. The number of rotatable bonds is 9. The van der Waals surface area contributed by atoms with E-state index < -0.39 is 15.8 Å². The number of sulfonamides is 1. The summed E-state index contributed by atoms with van der Waals surface area (Å²) in [6.07, 6.45) is 1.71. The molecule has 0 saturated heterocycles. The molecule has 0 amide bonds. The number of aliphatic hydroxyl groups excluding tert-OH is 1. The standard InChI is InChI=1S/C23H25FN2O5S/c1-3-4-11-31-23-19(14-27)18(15-5-8-17(9-6-15)32(25,28)29)13-21(26-23)16-7-10-22(30-2)20(24)12-16/h5-10,12-13,27H,3-4,11,14H2,1-2H3,(H2,25,28,29). The van der Waals surface area contributed by atoms with Crippen molar-refractivity contribution in [3.63, 3.8) is 0 Å². The zero-order valence-corrected chi connectivity index (χ0v) is 18.7. The average Bonchev–Trinajstić information content (AvgIpc) is 2.78. The fourth-order valence-electron chi connectivity index (χ4n) is 3.19. The number of methoxy groups -OCH3 is 1. The van der Waals surface area contributed by atoms with Crippen LogP contribution in [0.4, 0.5) is 4.39 Å². The smallest absolute Gasteiger partial charge is 0.238 e. The van der Waals surface area contributed by atoms with Gasteiger partial charge in [-0.15, -0.1) is 0 Å². The summed E-state index contributed by atoms with van der Waals surface area (Å²) in [5, 5.41) is 15.3. The molecule has 170 valence electrons. The number of ether oxygens (including phenoxy) is 2. The minimum absolute atomic E-state index is 0.0299. The van der Waals surface area contributed by atoms with Gasteiger partial charge in [0.15, 0.2) is 11.6 Å². The third kappa shape index (κ3) is 5.24. The number of unbranched alkanes of at least 4 members (excludes halogenated alkanes) is 1. The molecule has 1 aromatic heterocycles. The summed E-state index contributed by atoms with van der Waals surface area (Å²) in [7, 11) is -2.46. The molecule has 0 atom stereocenters. The number of benzene rings is 2. The molecule has 7 nitrogen and oxygen atoms in total. The van der Waals surface area contributed by atoms with Crippen LogP contribution >= 0.6 is 0 Å². The lowest BCUT2D eigenvalue weighted by atomic mass is 9.98. The first-order valence-electron chi connectivity index (χ1n) is 10.0. The Labute approximate surface area is 186 Å². The molecule has 1 heterocycles. The average molecular weight is 461 g/mol. The van der Waals surface area contributed by atoms with Crippen molar-refractivity contribution in [1.29, 1.82) is 0 Å². The first-order valence-corrected chi connectivity index (χ1v) is 11.6. The van der Waals surface area contributed by atoms with Gasteiger partial charge in [-0.1, -0.05) is 25.5 Å². The van der Waals surface area contributed by atoms with Crippen molar-refractivity contribution >= 4 is 10.0 Å². The van der Waals surface area contributed by atoms with Crippen LogP contribution in [0.15, 0.2) is 53.4 Å². The molecule has 9 heteroatoms. The fraction of sp³-hybridized carbons (Fsp3) is 0.261. The van der Waals surface area contributed by atoms with Gasteiger partial charge < -0.3 is 14.6 Å². The minimum Gasteiger partial charge on any atom is -0.494 e. The van der Waals surface area contributed by atoms with Crippen LogP contribution in [0.1, 0.15) is 25.3 Å². The predicted molar refractivity (Wildman–Crippen MR) is 119 cm³/mol. The van der Waals surface area contributed by atoms with Crippen LogP contribution in [0.3, 0.4) is 0 Å². The molecular weight excluding hydrogens is 435 g/mol. The van der Waals surface area contributed by atoms with E-state index in [-0.39, 0.29) is 23.1 Å². The maximum absolute atomic E-state index is 14.3. The van der Waals surface area contributed by atoms with Crippen molar-refractivity contribution in [1.82, 2.24) is 4.98 Å². The Morgan fingerprint density at radius 3 is 2.34 bits per heavy atom. The van der Waals surface area contributed by atoms with Crippen LogP contribution in [0.2, 0.25) is 0 Å². The topological polar surface area (TPSA) is 112 Å².